The summed E-state index contributed by atoms with van der Waals surface area (Å²) in [6.45, 7) is -0.294. The molecule has 5 rings (SSSR count). The fourth-order valence-corrected chi connectivity index (χ4v) is 4.42. The van der Waals surface area contributed by atoms with Crippen molar-refractivity contribution in [1.29, 1.82) is 5.26 Å². The van der Waals surface area contributed by atoms with Gasteiger partial charge in [0.2, 0.25) is 0 Å². The van der Waals surface area contributed by atoms with E-state index in [1.54, 1.807) is 36.5 Å². The number of ether oxygens (including phenoxy) is 1. The number of pyridine rings is 1. The maximum absolute atomic E-state index is 14.0. The quantitative estimate of drug-likeness (QED) is 0.367. The van der Waals surface area contributed by atoms with Crippen LogP contribution in [0.1, 0.15) is 0 Å². The SMILES string of the molecule is COc1cc(-c2ccc3c(=O)n(-c4cncc5ccccc45)c(=O)n(CC#N)c3c2)c(Cl)cc1F. The Morgan fingerprint density at radius 3 is 2.66 bits per heavy atom. The highest BCUT2D eigenvalue weighted by Gasteiger charge is 2.18. The molecule has 0 spiro atoms. The van der Waals surface area contributed by atoms with Gasteiger partial charge in [-0.2, -0.15) is 5.26 Å². The molecule has 0 aliphatic carbocycles. The van der Waals surface area contributed by atoms with Gasteiger partial charge < -0.3 is 4.74 Å². The van der Waals surface area contributed by atoms with Gasteiger partial charge in [0.15, 0.2) is 11.6 Å². The van der Waals surface area contributed by atoms with Gasteiger partial charge in [0.05, 0.1) is 41.0 Å². The van der Waals surface area contributed by atoms with Crippen molar-refractivity contribution < 1.29 is 9.13 Å². The number of hydrogen-bond acceptors (Lipinski definition) is 5. The second-order valence-corrected chi connectivity index (χ2v) is 8.15. The molecule has 9 heteroatoms. The van der Waals surface area contributed by atoms with E-state index in [0.29, 0.717) is 22.2 Å². The highest BCUT2D eigenvalue weighted by molar-refractivity contribution is 6.33. The number of methoxy groups -OCH3 is 1. The fraction of sp³-hybridized carbons (Fsp3) is 0.0769. The molecule has 0 radical (unpaired) electrons. The standard InChI is InChI=1S/C26H16ClFN4O3/c1-35-24-11-19(20(27)12-21(24)28)15-6-7-18-22(10-15)31(9-8-29)26(34)32(25(18)33)23-14-30-13-16-4-2-3-5-17(16)23/h2-7,10-14H,9H2,1H3. The van der Waals surface area contributed by atoms with E-state index in [9.17, 15) is 19.2 Å². The lowest BCUT2D eigenvalue weighted by Crippen LogP contribution is -2.39. The van der Waals surface area contributed by atoms with Gasteiger partial charge in [-0.05, 0) is 29.8 Å². The highest BCUT2D eigenvalue weighted by atomic mass is 35.5. The summed E-state index contributed by atoms with van der Waals surface area (Å²) in [5.74, 6) is -0.618. The van der Waals surface area contributed by atoms with Crippen LogP contribution in [0.5, 0.6) is 5.75 Å². The monoisotopic (exact) mass is 486 g/mol. The average Bonchev–Trinajstić information content (AvgIpc) is 2.86. The lowest BCUT2D eigenvalue weighted by molar-refractivity contribution is 0.387. The third kappa shape index (κ3) is 3.63. The van der Waals surface area contributed by atoms with E-state index in [4.69, 9.17) is 16.3 Å². The minimum Gasteiger partial charge on any atom is -0.494 e. The van der Waals surface area contributed by atoms with Crippen LogP contribution < -0.4 is 16.0 Å². The Kier molecular flexibility index (Phi) is 5.55. The van der Waals surface area contributed by atoms with Crippen molar-refractivity contribution in [2.24, 2.45) is 0 Å². The molecule has 2 aromatic heterocycles. The summed E-state index contributed by atoms with van der Waals surface area (Å²) >= 11 is 6.28. The number of benzene rings is 3. The molecule has 172 valence electrons. The molecule has 0 saturated carbocycles. The number of halogens is 2. The van der Waals surface area contributed by atoms with Gasteiger partial charge in [-0.3, -0.25) is 14.3 Å². The second-order valence-electron chi connectivity index (χ2n) is 7.75. The van der Waals surface area contributed by atoms with Crippen molar-refractivity contribution in [3.8, 4) is 28.6 Å². The van der Waals surface area contributed by atoms with Crippen molar-refractivity contribution in [1.82, 2.24) is 14.1 Å². The van der Waals surface area contributed by atoms with Gasteiger partial charge in [0, 0.05) is 22.5 Å². The zero-order valence-corrected chi connectivity index (χ0v) is 19.1. The van der Waals surface area contributed by atoms with E-state index in [1.165, 1.54) is 23.9 Å². The van der Waals surface area contributed by atoms with E-state index in [-0.39, 0.29) is 28.2 Å². The molecule has 0 amide bonds. The zero-order chi connectivity index (χ0) is 24.7. The molecular weight excluding hydrogens is 471 g/mol. The molecule has 2 heterocycles. The molecular formula is C26H16ClFN4O3. The molecule has 0 atom stereocenters. The van der Waals surface area contributed by atoms with Gasteiger partial charge in [-0.1, -0.05) is 41.9 Å². The molecule has 0 saturated heterocycles. The Hall–Kier alpha value is -4.48. The van der Waals surface area contributed by atoms with Crippen LogP contribution in [0.4, 0.5) is 4.39 Å². The van der Waals surface area contributed by atoms with E-state index < -0.39 is 17.1 Å². The van der Waals surface area contributed by atoms with Gasteiger partial charge in [-0.15, -0.1) is 0 Å². The molecule has 0 fully saturated rings. The number of fused-ring (bicyclic) bond motifs is 2. The molecule has 3 aromatic carbocycles. The van der Waals surface area contributed by atoms with E-state index >= 15 is 0 Å². The van der Waals surface area contributed by atoms with Crippen molar-refractivity contribution in [2.45, 2.75) is 6.54 Å². The molecule has 5 aromatic rings. The Morgan fingerprint density at radius 1 is 1.09 bits per heavy atom. The van der Waals surface area contributed by atoms with Crippen LogP contribution in [-0.4, -0.2) is 21.2 Å². The van der Waals surface area contributed by atoms with Gasteiger partial charge in [0.25, 0.3) is 5.56 Å². The fourth-order valence-electron chi connectivity index (χ4n) is 4.16. The number of aromatic nitrogens is 3. The van der Waals surface area contributed by atoms with E-state index in [2.05, 4.69) is 4.98 Å². The zero-order valence-electron chi connectivity index (χ0n) is 18.3. The highest BCUT2D eigenvalue weighted by Crippen LogP contribution is 2.34. The van der Waals surface area contributed by atoms with E-state index in [0.717, 1.165) is 16.0 Å². The maximum Gasteiger partial charge on any atom is 0.337 e. The van der Waals surface area contributed by atoms with Gasteiger partial charge >= 0.3 is 5.69 Å². The smallest absolute Gasteiger partial charge is 0.337 e. The molecule has 7 nitrogen and oxygen atoms in total. The van der Waals surface area contributed by atoms with Crippen LogP contribution in [0.3, 0.4) is 0 Å². The van der Waals surface area contributed by atoms with Crippen LogP contribution in [0.2, 0.25) is 5.02 Å². The average molecular weight is 487 g/mol. The Balaban J connectivity index is 1.83. The summed E-state index contributed by atoms with van der Waals surface area (Å²) < 4.78 is 21.4. The van der Waals surface area contributed by atoms with Crippen LogP contribution >= 0.6 is 11.6 Å². The third-order valence-corrected chi connectivity index (χ3v) is 6.13. The number of rotatable bonds is 4. The number of nitriles is 1. The van der Waals surface area contributed by atoms with Crippen LogP contribution in [-0.2, 0) is 6.54 Å². The van der Waals surface area contributed by atoms with Crippen molar-refractivity contribution in [2.75, 3.05) is 7.11 Å². The van der Waals surface area contributed by atoms with Crippen LogP contribution in [0.15, 0.2) is 76.6 Å². The summed E-state index contributed by atoms with van der Waals surface area (Å²) in [5, 5.41) is 11.2. The predicted octanol–water partition coefficient (Wildman–Crippen LogP) is 4.69. The molecule has 0 aliphatic rings. The topological polar surface area (TPSA) is 89.9 Å². The molecule has 0 unspecified atom stereocenters. The first-order valence-electron chi connectivity index (χ1n) is 10.5. The van der Waals surface area contributed by atoms with Crippen molar-refractivity contribution in [3.63, 3.8) is 0 Å². The number of hydrogen-bond donors (Lipinski definition) is 0. The molecule has 35 heavy (non-hydrogen) atoms. The Morgan fingerprint density at radius 2 is 1.89 bits per heavy atom. The Bertz CT molecular complexity index is 1800. The van der Waals surface area contributed by atoms with E-state index in [1.807, 2.05) is 18.2 Å². The van der Waals surface area contributed by atoms with Crippen LogP contribution in [0, 0.1) is 17.1 Å². The molecule has 0 bridgehead atoms. The summed E-state index contributed by atoms with van der Waals surface area (Å²) in [5.41, 5.74) is 0.319. The maximum atomic E-state index is 14.0. The Labute approximate surface area is 202 Å². The minimum absolute atomic E-state index is 0.00205. The summed E-state index contributed by atoms with van der Waals surface area (Å²) in [7, 11) is 1.34. The molecule has 0 aliphatic heterocycles. The summed E-state index contributed by atoms with van der Waals surface area (Å²) in [6.07, 6.45) is 3.10. The molecule has 0 N–H and O–H groups in total. The summed E-state index contributed by atoms with van der Waals surface area (Å²) in [6, 6.07) is 16.6. The lowest BCUT2D eigenvalue weighted by Gasteiger charge is -2.15. The van der Waals surface area contributed by atoms with Gasteiger partial charge in [0.1, 0.15) is 6.54 Å². The van der Waals surface area contributed by atoms with Crippen LogP contribution in [0.25, 0.3) is 38.5 Å². The summed E-state index contributed by atoms with van der Waals surface area (Å²) in [4.78, 5) is 31.3. The number of nitrogens with zero attached hydrogens (tertiary/aromatic N) is 4. The second kappa shape index (κ2) is 8.70. The lowest BCUT2D eigenvalue weighted by atomic mass is 10.0. The third-order valence-electron chi connectivity index (χ3n) is 5.81. The first-order chi connectivity index (χ1) is 16.9. The predicted molar refractivity (Wildman–Crippen MR) is 132 cm³/mol. The minimum atomic E-state index is -0.679. The first kappa shape index (κ1) is 22.3. The normalized spacial score (nSPS) is 11.0. The van der Waals surface area contributed by atoms with Crippen molar-refractivity contribution >= 4 is 33.3 Å². The first-order valence-corrected chi connectivity index (χ1v) is 10.9. The van der Waals surface area contributed by atoms with Gasteiger partial charge in [-0.25, -0.2) is 13.8 Å². The van der Waals surface area contributed by atoms with Crippen molar-refractivity contribution in [3.05, 3.63) is 98.7 Å². The largest absolute Gasteiger partial charge is 0.494 e.